The van der Waals surface area contributed by atoms with Gasteiger partial charge in [0, 0.05) is 16.5 Å². The first-order valence-electron chi connectivity index (χ1n) is 4.85. The van der Waals surface area contributed by atoms with E-state index in [4.69, 9.17) is 0 Å². The van der Waals surface area contributed by atoms with Crippen LogP contribution in [-0.2, 0) is 0 Å². The van der Waals surface area contributed by atoms with Gasteiger partial charge < -0.3 is 5.11 Å². The number of rotatable bonds is 0. The smallest absolute Gasteiger partial charge is 0.229 e. The number of benzene rings is 2. The molecule has 2 aromatic carbocycles. The number of halogens is 1. The minimum absolute atomic E-state index is 0.216. The summed E-state index contributed by atoms with van der Waals surface area (Å²) in [4.78, 5) is 11.9. The van der Waals surface area contributed by atoms with Crippen LogP contribution in [0.1, 0.15) is 15.9 Å². The van der Waals surface area contributed by atoms with E-state index in [1.807, 2.05) is 30.3 Å². The van der Waals surface area contributed by atoms with E-state index < -0.39 is 0 Å². The van der Waals surface area contributed by atoms with Gasteiger partial charge in [-0.1, -0.05) is 36.4 Å². The van der Waals surface area contributed by atoms with E-state index in [1.54, 1.807) is 6.07 Å². The molecule has 0 aliphatic heterocycles. The lowest BCUT2D eigenvalue weighted by Gasteiger charge is -2.16. The zero-order valence-electron chi connectivity index (χ0n) is 8.20. The summed E-state index contributed by atoms with van der Waals surface area (Å²) in [5, 5.41) is 11.6. The Kier molecular flexibility index (Phi) is 1.91. The van der Waals surface area contributed by atoms with Crippen molar-refractivity contribution in [2.24, 2.45) is 0 Å². The van der Waals surface area contributed by atoms with Crippen LogP contribution >= 0.6 is 15.9 Å². The Bertz CT molecular complexity index is 651. The molecule has 0 amide bonds. The number of Topliss-reactive ketones (excluding diaryl/α,β-unsaturated/α-hetero) is 1. The van der Waals surface area contributed by atoms with Crippen molar-refractivity contribution in [3.63, 3.8) is 0 Å². The standard InChI is InChI=1S/C13H7BrO2/c14-11-8-5-1-3-7-4-2-6-9(10(7)8)12(15)13(11)16/h1-6,16H. The van der Waals surface area contributed by atoms with Crippen LogP contribution in [0.4, 0.5) is 0 Å². The highest BCUT2D eigenvalue weighted by atomic mass is 79.9. The molecule has 3 rings (SSSR count). The monoisotopic (exact) mass is 274 g/mol. The highest BCUT2D eigenvalue weighted by Gasteiger charge is 2.25. The molecular formula is C13H7BrO2. The van der Waals surface area contributed by atoms with Gasteiger partial charge in [0.2, 0.25) is 5.78 Å². The van der Waals surface area contributed by atoms with Crippen LogP contribution in [0.5, 0.6) is 0 Å². The maximum Gasteiger partial charge on any atom is 0.229 e. The second-order valence-corrected chi connectivity index (χ2v) is 4.49. The first-order chi connectivity index (χ1) is 7.70. The van der Waals surface area contributed by atoms with E-state index in [1.165, 1.54) is 0 Å². The summed E-state index contributed by atoms with van der Waals surface area (Å²) in [6.45, 7) is 0. The van der Waals surface area contributed by atoms with Crippen LogP contribution < -0.4 is 0 Å². The Hall–Kier alpha value is -1.61. The summed E-state index contributed by atoms with van der Waals surface area (Å²) in [7, 11) is 0. The lowest BCUT2D eigenvalue weighted by molar-refractivity contribution is 0.0980. The molecule has 1 aliphatic rings. The van der Waals surface area contributed by atoms with Gasteiger partial charge in [0.1, 0.15) is 0 Å². The largest absolute Gasteiger partial charge is 0.503 e. The number of ketones is 1. The second kappa shape index (κ2) is 3.19. The molecule has 0 atom stereocenters. The van der Waals surface area contributed by atoms with Crippen molar-refractivity contribution in [3.05, 3.63) is 53.3 Å². The minimum Gasteiger partial charge on any atom is -0.503 e. The van der Waals surface area contributed by atoms with E-state index in [2.05, 4.69) is 15.9 Å². The van der Waals surface area contributed by atoms with Crippen molar-refractivity contribution in [3.8, 4) is 0 Å². The fourth-order valence-corrected chi connectivity index (χ4v) is 2.58. The van der Waals surface area contributed by atoms with E-state index >= 15 is 0 Å². The van der Waals surface area contributed by atoms with Gasteiger partial charge in [0.25, 0.3) is 0 Å². The summed E-state index contributed by atoms with van der Waals surface area (Å²) in [6, 6.07) is 11.3. The van der Waals surface area contributed by atoms with E-state index in [-0.39, 0.29) is 11.5 Å². The molecule has 0 bridgehead atoms. The van der Waals surface area contributed by atoms with Gasteiger partial charge in [-0.2, -0.15) is 0 Å². The highest BCUT2D eigenvalue weighted by Crippen LogP contribution is 2.38. The van der Waals surface area contributed by atoms with Crippen LogP contribution in [0.15, 0.2) is 42.2 Å². The minimum atomic E-state index is -0.323. The van der Waals surface area contributed by atoms with Crippen LogP contribution in [0.25, 0.3) is 15.3 Å². The number of carbonyl (C=O) groups is 1. The van der Waals surface area contributed by atoms with Crippen LogP contribution in [0.3, 0.4) is 0 Å². The second-order valence-electron chi connectivity index (χ2n) is 3.70. The van der Waals surface area contributed by atoms with Crippen molar-refractivity contribution < 1.29 is 9.90 Å². The van der Waals surface area contributed by atoms with E-state index in [0.29, 0.717) is 10.0 Å². The molecule has 78 valence electrons. The molecule has 16 heavy (non-hydrogen) atoms. The third kappa shape index (κ3) is 1.09. The maximum atomic E-state index is 11.9. The zero-order valence-corrected chi connectivity index (χ0v) is 9.78. The van der Waals surface area contributed by atoms with Gasteiger partial charge in [-0.05, 0) is 21.3 Å². The Balaban J connectivity index is 2.57. The quantitative estimate of drug-likeness (QED) is 0.796. The number of hydrogen-bond acceptors (Lipinski definition) is 2. The molecule has 2 aromatic rings. The Morgan fingerprint density at radius 3 is 2.31 bits per heavy atom. The Morgan fingerprint density at radius 1 is 1.00 bits per heavy atom. The fourth-order valence-electron chi connectivity index (χ4n) is 2.07. The van der Waals surface area contributed by atoms with E-state index in [9.17, 15) is 9.90 Å². The van der Waals surface area contributed by atoms with Gasteiger partial charge in [0.05, 0.1) is 4.48 Å². The molecule has 0 saturated heterocycles. The van der Waals surface area contributed by atoms with Crippen molar-refractivity contribution in [1.82, 2.24) is 0 Å². The van der Waals surface area contributed by atoms with Crippen LogP contribution in [0, 0.1) is 0 Å². The topological polar surface area (TPSA) is 37.3 Å². The average molecular weight is 275 g/mol. The number of hydrogen-bond donors (Lipinski definition) is 1. The van der Waals surface area contributed by atoms with Crippen LogP contribution in [-0.4, -0.2) is 10.9 Å². The molecule has 0 saturated carbocycles. The summed E-state index contributed by atoms with van der Waals surface area (Å²) in [6.07, 6.45) is 0. The first kappa shape index (κ1) is 9.60. The van der Waals surface area contributed by atoms with Crippen molar-refractivity contribution >= 4 is 37.0 Å². The molecule has 1 aliphatic carbocycles. The lowest BCUT2D eigenvalue weighted by Crippen LogP contribution is -2.10. The molecule has 0 fully saturated rings. The van der Waals surface area contributed by atoms with Gasteiger partial charge in [-0.3, -0.25) is 4.79 Å². The van der Waals surface area contributed by atoms with Gasteiger partial charge in [-0.15, -0.1) is 0 Å². The molecule has 2 nitrogen and oxygen atoms in total. The van der Waals surface area contributed by atoms with Gasteiger partial charge in [0.15, 0.2) is 5.76 Å². The maximum absolute atomic E-state index is 11.9. The molecule has 1 N–H and O–H groups in total. The highest BCUT2D eigenvalue weighted by molar-refractivity contribution is 9.15. The lowest BCUT2D eigenvalue weighted by atomic mass is 9.91. The predicted molar refractivity (Wildman–Crippen MR) is 66.8 cm³/mol. The summed E-state index contributed by atoms with van der Waals surface area (Å²) < 4.78 is 0.474. The summed E-state index contributed by atoms with van der Waals surface area (Å²) >= 11 is 3.27. The van der Waals surface area contributed by atoms with Crippen molar-refractivity contribution in [2.75, 3.05) is 0 Å². The third-order valence-electron chi connectivity index (χ3n) is 2.81. The Labute approximate surface area is 100 Å². The van der Waals surface area contributed by atoms with Crippen LogP contribution in [0.2, 0.25) is 0 Å². The first-order valence-corrected chi connectivity index (χ1v) is 5.65. The van der Waals surface area contributed by atoms with Gasteiger partial charge >= 0.3 is 0 Å². The number of carbonyl (C=O) groups excluding carboxylic acids is 1. The molecule has 3 heteroatoms. The van der Waals surface area contributed by atoms with E-state index in [0.717, 1.165) is 16.3 Å². The third-order valence-corrected chi connectivity index (χ3v) is 3.61. The van der Waals surface area contributed by atoms with Crippen molar-refractivity contribution in [2.45, 2.75) is 0 Å². The summed E-state index contributed by atoms with van der Waals surface area (Å²) in [5.41, 5.74) is 1.43. The number of allylic oxidation sites excluding steroid dienone is 1. The van der Waals surface area contributed by atoms with Gasteiger partial charge in [-0.25, -0.2) is 0 Å². The molecule has 0 unspecified atom stereocenters. The molecule has 0 radical (unpaired) electrons. The number of aliphatic hydroxyl groups excluding tert-OH is 1. The SMILES string of the molecule is O=C1C(O)=C(Br)c2cccc3cccc1c23. The Morgan fingerprint density at radius 2 is 1.62 bits per heavy atom. The zero-order chi connectivity index (χ0) is 11.3. The normalized spacial score (nSPS) is 14.7. The summed E-state index contributed by atoms with van der Waals surface area (Å²) in [5.74, 6) is -0.539. The molecule has 0 spiro atoms. The number of aliphatic hydroxyl groups is 1. The predicted octanol–water partition coefficient (Wildman–Crippen LogP) is 3.66. The molecule has 0 heterocycles. The fraction of sp³-hybridized carbons (Fsp3) is 0. The average Bonchev–Trinajstić information content (AvgIpc) is 2.33. The molecular weight excluding hydrogens is 268 g/mol. The van der Waals surface area contributed by atoms with Crippen molar-refractivity contribution in [1.29, 1.82) is 0 Å². The molecule has 0 aromatic heterocycles.